The molecule has 39 heavy (non-hydrogen) atoms. The SMILES string of the molecule is CC(C)(C)COC(=O)N=C(N1CCOCC1)C(C)(C)C.CC(C)COC(=O)N=C(N1CCOCC1)C(C)(C)C. The summed E-state index contributed by atoms with van der Waals surface area (Å²) < 4.78 is 21.1. The van der Waals surface area contributed by atoms with Crippen LogP contribution in [0.3, 0.4) is 0 Å². The van der Waals surface area contributed by atoms with Crippen LogP contribution in [0, 0.1) is 22.2 Å². The average molecular weight is 555 g/mol. The lowest BCUT2D eigenvalue weighted by atomic mass is 9.93. The predicted octanol–water partition coefficient (Wildman–Crippen LogP) is 5.50. The second-order valence-corrected chi connectivity index (χ2v) is 13.7. The van der Waals surface area contributed by atoms with Crippen molar-refractivity contribution >= 4 is 23.9 Å². The molecule has 10 nitrogen and oxygen atoms in total. The van der Waals surface area contributed by atoms with Gasteiger partial charge in [0.05, 0.1) is 39.6 Å². The maximum Gasteiger partial charge on any atom is 0.435 e. The molecule has 0 aromatic heterocycles. The average Bonchev–Trinajstić information content (AvgIpc) is 2.83. The summed E-state index contributed by atoms with van der Waals surface area (Å²) in [4.78, 5) is 36.3. The molecule has 0 radical (unpaired) electrons. The van der Waals surface area contributed by atoms with E-state index in [0.717, 1.165) is 37.9 Å². The summed E-state index contributed by atoms with van der Waals surface area (Å²) in [5.74, 6) is 1.88. The van der Waals surface area contributed by atoms with Gasteiger partial charge in [-0.2, -0.15) is 9.98 Å². The van der Waals surface area contributed by atoms with Gasteiger partial charge >= 0.3 is 12.2 Å². The van der Waals surface area contributed by atoms with Crippen molar-refractivity contribution in [2.45, 2.75) is 76.2 Å². The highest BCUT2D eigenvalue weighted by Crippen LogP contribution is 2.22. The maximum absolute atomic E-state index is 11.9. The van der Waals surface area contributed by atoms with Gasteiger partial charge in [0.2, 0.25) is 0 Å². The zero-order chi connectivity index (χ0) is 29.9. The largest absolute Gasteiger partial charge is 0.448 e. The lowest BCUT2D eigenvalue weighted by molar-refractivity contribution is 0.0639. The molecule has 2 aliphatic rings. The molecule has 2 aliphatic heterocycles. The molecular weight excluding hydrogens is 500 g/mol. The van der Waals surface area contributed by atoms with Crippen LogP contribution in [0.1, 0.15) is 76.2 Å². The van der Waals surface area contributed by atoms with Gasteiger partial charge in [0.1, 0.15) is 11.7 Å². The normalized spacial score (nSPS) is 17.9. The van der Waals surface area contributed by atoms with Crippen molar-refractivity contribution in [2.75, 3.05) is 65.8 Å². The van der Waals surface area contributed by atoms with E-state index in [2.05, 4.69) is 61.3 Å². The Morgan fingerprint density at radius 2 is 1.05 bits per heavy atom. The number of morpholine rings is 2. The van der Waals surface area contributed by atoms with Crippen LogP contribution in [-0.2, 0) is 18.9 Å². The minimum absolute atomic E-state index is 0.0496. The lowest BCUT2D eigenvalue weighted by Crippen LogP contribution is -2.46. The van der Waals surface area contributed by atoms with Crippen LogP contribution in [0.2, 0.25) is 0 Å². The van der Waals surface area contributed by atoms with Gasteiger partial charge in [0.25, 0.3) is 0 Å². The van der Waals surface area contributed by atoms with Crippen molar-refractivity contribution < 1.29 is 28.5 Å². The number of hydrogen-bond donors (Lipinski definition) is 0. The van der Waals surface area contributed by atoms with Gasteiger partial charge in [-0.1, -0.05) is 76.2 Å². The summed E-state index contributed by atoms with van der Waals surface area (Å²) in [6.07, 6.45) is -0.999. The Morgan fingerprint density at radius 3 is 1.36 bits per heavy atom. The van der Waals surface area contributed by atoms with Gasteiger partial charge < -0.3 is 28.7 Å². The van der Waals surface area contributed by atoms with E-state index in [1.807, 2.05) is 34.6 Å². The highest BCUT2D eigenvalue weighted by Gasteiger charge is 2.29. The van der Waals surface area contributed by atoms with Crippen LogP contribution in [-0.4, -0.2) is 99.5 Å². The topological polar surface area (TPSA) is 102 Å². The summed E-state index contributed by atoms with van der Waals surface area (Å²) in [6.45, 7) is 29.0. The molecule has 0 unspecified atom stereocenters. The van der Waals surface area contributed by atoms with Crippen LogP contribution >= 0.6 is 0 Å². The van der Waals surface area contributed by atoms with Crippen molar-refractivity contribution in [3.8, 4) is 0 Å². The Hall–Kier alpha value is -2.20. The number of amides is 2. The van der Waals surface area contributed by atoms with Gasteiger partial charge in [-0.15, -0.1) is 0 Å². The minimum atomic E-state index is -0.503. The zero-order valence-electron chi connectivity index (χ0n) is 26.4. The summed E-state index contributed by atoms with van der Waals surface area (Å²) in [6, 6.07) is 0. The molecule has 0 N–H and O–H groups in total. The van der Waals surface area contributed by atoms with Crippen LogP contribution in [0.5, 0.6) is 0 Å². The van der Waals surface area contributed by atoms with E-state index in [1.165, 1.54) is 0 Å². The van der Waals surface area contributed by atoms with E-state index in [4.69, 9.17) is 18.9 Å². The van der Waals surface area contributed by atoms with E-state index in [-0.39, 0.29) is 16.2 Å². The Kier molecular flexibility index (Phi) is 13.9. The quantitative estimate of drug-likeness (QED) is 0.333. The molecular formula is C29H54N4O6. The van der Waals surface area contributed by atoms with Crippen molar-refractivity contribution in [1.82, 2.24) is 9.80 Å². The van der Waals surface area contributed by atoms with Gasteiger partial charge in [-0.3, -0.25) is 0 Å². The summed E-state index contributed by atoms with van der Waals surface area (Å²) in [5.41, 5.74) is -0.432. The van der Waals surface area contributed by atoms with E-state index in [1.54, 1.807) is 0 Å². The number of nitrogens with zero attached hydrogens (tertiary/aromatic N) is 4. The molecule has 2 rings (SSSR count). The number of carbonyl (C=O) groups excluding carboxylic acids is 2. The third kappa shape index (κ3) is 14.7. The van der Waals surface area contributed by atoms with E-state index in [0.29, 0.717) is 45.6 Å². The van der Waals surface area contributed by atoms with Crippen molar-refractivity contribution in [3.63, 3.8) is 0 Å². The van der Waals surface area contributed by atoms with Crippen LogP contribution in [0.4, 0.5) is 9.59 Å². The molecule has 2 saturated heterocycles. The highest BCUT2D eigenvalue weighted by atomic mass is 16.6. The number of carbonyl (C=O) groups is 2. The van der Waals surface area contributed by atoms with Gasteiger partial charge in [-0.25, -0.2) is 9.59 Å². The first kappa shape index (κ1) is 34.8. The standard InChI is InChI=1S/C15H28N2O3.C14H26N2O3/c1-14(2,3)11-20-13(18)16-12(15(4,5)6)17-7-9-19-10-8-17;1-11(2)10-19-13(17)15-12(14(3,4)5)16-6-8-18-9-7-16/h7-11H2,1-6H3;11H,6-10H2,1-5H3. The number of amidine groups is 2. The first-order chi connectivity index (χ1) is 17.9. The number of rotatable bonds is 3. The molecule has 0 saturated carbocycles. The summed E-state index contributed by atoms with van der Waals surface area (Å²) in [5, 5.41) is 0. The van der Waals surface area contributed by atoms with E-state index in [9.17, 15) is 9.59 Å². The monoisotopic (exact) mass is 554 g/mol. The molecule has 2 fully saturated rings. The molecule has 0 aromatic rings. The van der Waals surface area contributed by atoms with E-state index >= 15 is 0 Å². The number of hydrogen-bond acceptors (Lipinski definition) is 6. The predicted molar refractivity (Wildman–Crippen MR) is 156 cm³/mol. The van der Waals surface area contributed by atoms with Gasteiger partial charge in [0.15, 0.2) is 0 Å². The second-order valence-electron chi connectivity index (χ2n) is 13.7. The van der Waals surface area contributed by atoms with Crippen molar-refractivity contribution in [3.05, 3.63) is 0 Å². The Bertz CT molecular complexity index is 822. The third-order valence-electron chi connectivity index (χ3n) is 5.53. The fourth-order valence-corrected chi connectivity index (χ4v) is 3.73. The van der Waals surface area contributed by atoms with Gasteiger partial charge in [0, 0.05) is 37.0 Å². The number of aliphatic imine (C=N–C) groups is 2. The van der Waals surface area contributed by atoms with Crippen LogP contribution < -0.4 is 0 Å². The third-order valence-corrected chi connectivity index (χ3v) is 5.53. The molecule has 0 spiro atoms. The Balaban J connectivity index is 0.000000391. The Labute approximate surface area is 236 Å². The molecule has 226 valence electrons. The smallest absolute Gasteiger partial charge is 0.435 e. The van der Waals surface area contributed by atoms with Crippen molar-refractivity contribution in [2.24, 2.45) is 32.1 Å². The number of ether oxygens (including phenoxy) is 4. The van der Waals surface area contributed by atoms with Crippen LogP contribution in [0.15, 0.2) is 9.98 Å². The first-order valence-corrected chi connectivity index (χ1v) is 14.1. The van der Waals surface area contributed by atoms with Crippen molar-refractivity contribution in [1.29, 1.82) is 0 Å². The van der Waals surface area contributed by atoms with Gasteiger partial charge in [-0.05, 0) is 11.3 Å². The molecule has 0 aliphatic carbocycles. The maximum atomic E-state index is 11.9. The molecule has 2 heterocycles. The fraction of sp³-hybridized carbons (Fsp3) is 0.862. The fourth-order valence-electron chi connectivity index (χ4n) is 3.73. The second kappa shape index (κ2) is 15.6. The molecule has 0 aromatic carbocycles. The van der Waals surface area contributed by atoms with Crippen LogP contribution in [0.25, 0.3) is 0 Å². The Morgan fingerprint density at radius 1 is 0.692 bits per heavy atom. The molecule has 10 heteroatoms. The summed E-state index contributed by atoms with van der Waals surface area (Å²) in [7, 11) is 0. The molecule has 2 amide bonds. The molecule has 0 bridgehead atoms. The highest BCUT2D eigenvalue weighted by molar-refractivity contribution is 5.95. The minimum Gasteiger partial charge on any atom is -0.448 e. The summed E-state index contributed by atoms with van der Waals surface area (Å²) >= 11 is 0. The lowest BCUT2D eigenvalue weighted by Gasteiger charge is -2.35. The van der Waals surface area contributed by atoms with E-state index < -0.39 is 12.2 Å². The zero-order valence-corrected chi connectivity index (χ0v) is 26.4. The molecule has 0 atom stereocenters. The first-order valence-electron chi connectivity index (χ1n) is 14.1.